The summed E-state index contributed by atoms with van der Waals surface area (Å²) in [5.41, 5.74) is 2.78. The molecule has 1 aromatic heterocycles. The Morgan fingerprint density at radius 3 is 2.68 bits per heavy atom. The van der Waals surface area contributed by atoms with Crippen molar-refractivity contribution in [3.8, 4) is 22.8 Å². The zero-order valence-electron chi connectivity index (χ0n) is 19.3. The van der Waals surface area contributed by atoms with E-state index in [1.807, 2.05) is 37.3 Å². The Morgan fingerprint density at radius 2 is 2.00 bits per heavy atom. The Balaban J connectivity index is 1.60. The Kier molecular flexibility index (Phi) is 6.92. The highest BCUT2D eigenvalue weighted by Crippen LogP contribution is 2.31. The molecule has 1 unspecified atom stereocenters. The quantitative estimate of drug-likeness (QED) is 0.505. The van der Waals surface area contributed by atoms with Crippen LogP contribution >= 0.6 is 0 Å². The van der Waals surface area contributed by atoms with E-state index in [2.05, 4.69) is 10.2 Å². The lowest BCUT2D eigenvalue weighted by molar-refractivity contribution is 0.0674. The monoisotopic (exact) mass is 483 g/mol. The van der Waals surface area contributed by atoms with Crippen LogP contribution in [0.2, 0.25) is 0 Å². The van der Waals surface area contributed by atoms with Gasteiger partial charge in [0.15, 0.2) is 9.84 Å². The van der Waals surface area contributed by atoms with Crippen molar-refractivity contribution in [3.63, 3.8) is 0 Å². The lowest BCUT2D eigenvalue weighted by atomic mass is 10.1. The minimum absolute atomic E-state index is 0.0594. The van der Waals surface area contributed by atoms with Gasteiger partial charge < -0.3 is 14.7 Å². The number of nitrogens with zero attached hydrogens (tertiary/aromatic N) is 2. The number of H-pyrrole nitrogens is 1. The molecule has 0 spiro atoms. The number of hydrogen-bond donors (Lipinski definition) is 2. The van der Waals surface area contributed by atoms with Gasteiger partial charge in [-0.15, -0.1) is 0 Å². The van der Waals surface area contributed by atoms with E-state index >= 15 is 0 Å². The van der Waals surface area contributed by atoms with Gasteiger partial charge in [0.1, 0.15) is 17.2 Å². The number of ether oxygens (including phenoxy) is 1. The zero-order valence-corrected chi connectivity index (χ0v) is 20.1. The molecule has 2 heterocycles. The van der Waals surface area contributed by atoms with E-state index in [0.29, 0.717) is 29.8 Å². The summed E-state index contributed by atoms with van der Waals surface area (Å²) in [5.74, 6) is 0.534. The molecule has 0 saturated carbocycles. The fraction of sp³-hybridized carbons (Fsp3) is 0.360. The Morgan fingerprint density at radius 1 is 1.24 bits per heavy atom. The van der Waals surface area contributed by atoms with E-state index < -0.39 is 15.9 Å². The predicted molar refractivity (Wildman–Crippen MR) is 130 cm³/mol. The van der Waals surface area contributed by atoms with E-state index in [1.54, 1.807) is 30.0 Å². The highest BCUT2D eigenvalue weighted by molar-refractivity contribution is 7.91. The first-order chi connectivity index (χ1) is 16.3. The molecule has 1 aliphatic heterocycles. The number of rotatable bonds is 8. The topological polar surface area (TPSA) is 113 Å². The van der Waals surface area contributed by atoms with E-state index in [1.165, 1.54) is 0 Å². The number of phenolic OH excluding ortho intramolecular Hbond substituents is 1. The fourth-order valence-electron chi connectivity index (χ4n) is 4.09. The Bertz CT molecular complexity index is 1270. The van der Waals surface area contributed by atoms with Gasteiger partial charge in [-0.3, -0.25) is 9.89 Å². The summed E-state index contributed by atoms with van der Waals surface area (Å²) >= 11 is 0. The molecule has 1 aliphatic rings. The van der Waals surface area contributed by atoms with Crippen molar-refractivity contribution in [1.82, 2.24) is 15.1 Å². The minimum Gasteiger partial charge on any atom is -0.507 e. The van der Waals surface area contributed by atoms with Crippen LogP contribution < -0.4 is 4.74 Å². The van der Waals surface area contributed by atoms with Gasteiger partial charge in [-0.25, -0.2) is 8.42 Å². The molecule has 2 N–H and O–H groups in total. The average molecular weight is 484 g/mol. The number of phenols is 1. The molecular formula is C25H29N3O5S. The number of nitrogens with one attached hydrogen (secondary N) is 1. The number of aryl methyl sites for hydroxylation is 1. The molecule has 3 aromatic rings. The van der Waals surface area contributed by atoms with Crippen LogP contribution in [0.25, 0.3) is 11.3 Å². The smallest absolute Gasteiger partial charge is 0.272 e. The first kappa shape index (κ1) is 23.8. The van der Waals surface area contributed by atoms with Gasteiger partial charge in [-0.05, 0) is 55.2 Å². The number of carbonyl (C=O) groups is 1. The summed E-state index contributed by atoms with van der Waals surface area (Å²) in [5, 5.41) is 17.4. The Labute approximate surface area is 199 Å². The molecule has 1 fully saturated rings. The lowest BCUT2D eigenvalue weighted by Crippen LogP contribution is -2.40. The zero-order chi connectivity index (χ0) is 24.3. The van der Waals surface area contributed by atoms with Gasteiger partial charge in [0.2, 0.25) is 0 Å². The van der Waals surface area contributed by atoms with E-state index in [9.17, 15) is 18.3 Å². The van der Waals surface area contributed by atoms with Crippen molar-refractivity contribution in [3.05, 3.63) is 65.4 Å². The summed E-state index contributed by atoms with van der Waals surface area (Å²) in [4.78, 5) is 15.1. The standard InChI is InChI=1S/C25H29N3O5S/c1-3-12-33-20-9-7-18(8-10-20)15-28(19-11-13-34(31,32)16-19)25(30)23-14-22(26-27-23)21-6-4-5-17(2)24(21)29/h4-10,14,19,29H,3,11-13,15-16H2,1-2H3,(H,26,27). The largest absolute Gasteiger partial charge is 0.507 e. The molecule has 1 atom stereocenters. The second kappa shape index (κ2) is 9.89. The van der Waals surface area contributed by atoms with Gasteiger partial charge in [-0.1, -0.05) is 31.2 Å². The number of amides is 1. The highest BCUT2D eigenvalue weighted by atomic mass is 32.2. The average Bonchev–Trinajstić information content (AvgIpc) is 3.45. The van der Waals surface area contributed by atoms with Crippen LogP contribution in [-0.2, 0) is 16.4 Å². The van der Waals surface area contributed by atoms with Crippen LogP contribution in [-0.4, -0.2) is 58.7 Å². The number of aromatic nitrogens is 2. The summed E-state index contributed by atoms with van der Waals surface area (Å²) in [6.45, 7) is 4.72. The van der Waals surface area contributed by atoms with Crippen molar-refractivity contribution >= 4 is 15.7 Å². The normalized spacial score (nSPS) is 16.9. The summed E-state index contributed by atoms with van der Waals surface area (Å²) < 4.78 is 29.9. The van der Waals surface area contributed by atoms with Crippen molar-refractivity contribution in [2.24, 2.45) is 0 Å². The minimum atomic E-state index is -3.19. The lowest BCUT2D eigenvalue weighted by Gasteiger charge is -2.28. The van der Waals surface area contributed by atoms with E-state index in [-0.39, 0.29) is 35.4 Å². The summed E-state index contributed by atoms with van der Waals surface area (Å²) in [6.07, 6.45) is 1.30. The van der Waals surface area contributed by atoms with Crippen LogP contribution in [0.1, 0.15) is 41.4 Å². The molecule has 1 amide bonds. The summed E-state index contributed by atoms with van der Waals surface area (Å²) in [6, 6.07) is 14.0. The summed E-state index contributed by atoms with van der Waals surface area (Å²) in [7, 11) is -3.19. The molecular weight excluding hydrogens is 454 g/mol. The van der Waals surface area contributed by atoms with Crippen molar-refractivity contribution in [1.29, 1.82) is 0 Å². The van der Waals surface area contributed by atoms with Gasteiger partial charge in [0.25, 0.3) is 5.91 Å². The molecule has 2 aromatic carbocycles. The van der Waals surface area contributed by atoms with E-state index in [0.717, 1.165) is 17.7 Å². The molecule has 0 aliphatic carbocycles. The van der Waals surface area contributed by atoms with Gasteiger partial charge >= 0.3 is 0 Å². The van der Waals surface area contributed by atoms with Crippen LogP contribution in [0.3, 0.4) is 0 Å². The third kappa shape index (κ3) is 5.25. The van der Waals surface area contributed by atoms with Crippen LogP contribution in [0, 0.1) is 6.92 Å². The maximum Gasteiger partial charge on any atom is 0.272 e. The number of carbonyl (C=O) groups excluding carboxylic acids is 1. The van der Waals surface area contributed by atoms with Crippen molar-refractivity contribution in [2.75, 3.05) is 18.1 Å². The number of sulfone groups is 1. The molecule has 0 radical (unpaired) electrons. The van der Waals surface area contributed by atoms with Gasteiger partial charge in [0.05, 0.1) is 23.8 Å². The molecule has 180 valence electrons. The number of para-hydroxylation sites is 1. The number of aromatic amines is 1. The van der Waals surface area contributed by atoms with Crippen LogP contribution in [0.15, 0.2) is 48.5 Å². The fourth-order valence-corrected chi connectivity index (χ4v) is 5.82. The van der Waals surface area contributed by atoms with Gasteiger partial charge in [0, 0.05) is 18.2 Å². The van der Waals surface area contributed by atoms with Crippen LogP contribution in [0.4, 0.5) is 0 Å². The molecule has 0 bridgehead atoms. The SMILES string of the molecule is CCCOc1ccc(CN(C(=O)c2cc(-c3cccc(C)c3O)n[nH]2)C2CCS(=O)(=O)C2)cc1. The van der Waals surface area contributed by atoms with Gasteiger partial charge in [-0.2, -0.15) is 5.10 Å². The third-order valence-corrected chi connectivity index (χ3v) is 7.73. The molecule has 34 heavy (non-hydrogen) atoms. The molecule has 8 nitrogen and oxygen atoms in total. The first-order valence-electron chi connectivity index (χ1n) is 11.3. The van der Waals surface area contributed by atoms with E-state index in [4.69, 9.17) is 4.74 Å². The number of hydrogen-bond acceptors (Lipinski definition) is 6. The molecule has 1 saturated heterocycles. The number of aromatic hydroxyl groups is 1. The third-order valence-electron chi connectivity index (χ3n) is 5.98. The maximum absolute atomic E-state index is 13.5. The maximum atomic E-state index is 13.5. The second-order valence-corrected chi connectivity index (χ2v) is 10.8. The molecule has 4 rings (SSSR count). The predicted octanol–water partition coefficient (Wildman–Crippen LogP) is 3.71. The van der Waals surface area contributed by atoms with Crippen LogP contribution in [0.5, 0.6) is 11.5 Å². The van der Waals surface area contributed by atoms with Crippen molar-refractivity contribution < 1.29 is 23.1 Å². The Hall–Kier alpha value is -3.33. The second-order valence-electron chi connectivity index (χ2n) is 8.62. The van der Waals surface area contributed by atoms with Crippen molar-refractivity contribution in [2.45, 2.75) is 39.3 Å². The first-order valence-corrected chi connectivity index (χ1v) is 13.2. The number of benzene rings is 2. The highest BCUT2D eigenvalue weighted by Gasteiger charge is 2.35. The molecule has 9 heteroatoms.